The SMILES string of the molecule is CCCn1ncc2ccc(C3CCCN(S(=O)(=O)c4c(C)noc4C)C3)nc21. The van der Waals surface area contributed by atoms with Gasteiger partial charge < -0.3 is 4.52 Å². The molecule has 3 aromatic rings. The highest BCUT2D eigenvalue weighted by Gasteiger charge is 2.35. The molecule has 1 aliphatic heterocycles. The van der Waals surface area contributed by atoms with Crippen LogP contribution in [0.25, 0.3) is 11.0 Å². The maximum atomic E-state index is 13.2. The van der Waals surface area contributed by atoms with Crippen molar-refractivity contribution in [2.75, 3.05) is 13.1 Å². The first-order valence-corrected chi connectivity index (χ1v) is 11.1. The number of pyridine rings is 1. The van der Waals surface area contributed by atoms with Crippen LogP contribution in [0.2, 0.25) is 0 Å². The lowest BCUT2D eigenvalue weighted by Gasteiger charge is -2.31. The molecule has 28 heavy (non-hydrogen) atoms. The van der Waals surface area contributed by atoms with Crippen molar-refractivity contribution < 1.29 is 12.9 Å². The second-order valence-corrected chi connectivity index (χ2v) is 9.25. The summed E-state index contributed by atoms with van der Waals surface area (Å²) in [5.74, 6) is 0.390. The quantitative estimate of drug-likeness (QED) is 0.650. The smallest absolute Gasteiger partial charge is 0.248 e. The molecule has 1 aliphatic rings. The van der Waals surface area contributed by atoms with E-state index >= 15 is 0 Å². The van der Waals surface area contributed by atoms with Crippen molar-refractivity contribution in [2.24, 2.45) is 0 Å². The molecule has 0 N–H and O–H groups in total. The van der Waals surface area contributed by atoms with Crippen LogP contribution in [0.1, 0.15) is 49.3 Å². The molecule has 0 aliphatic carbocycles. The number of nitrogens with zero attached hydrogens (tertiary/aromatic N) is 5. The Balaban J connectivity index is 1.64. The minimum Gasteiger partial charge on any atom is -0.360 e. The number of aromatic nitrogens is 4. The van der Waals surface area contributed by atoms with Crippen molar-refractivity contribution in [3.05, 3.63) is 35.5 Å². The van der Waals surface area contributed by atoms with Crippen LogP contribution in [0, 0.1) is 13.8 Å². The van der Waals surface area contributed by atoms with Crippen molar-refractivity contribution in [3.8, 4) is 0 Å². The average Bonchev–Trinajstić information content (AvgIpc) is 3.25. The fourth-order valence-corrected chi connectivity index (χ4v) is 5.76. The predicted octanol–water partition coefficient (Wildman–Crippen LogP) is 3.01. The van der Waals surface area contributed by atoms with Gasteiger partial charge in [0.1, 0.15) is 10.6 Å². The zero-order chi connectivity index (χ0) is 19.9. The van der Waals surface area contributed by atoms with Gasteiger partial charge in [-0.15, -0.1) is 0 Å². The van der Waals surface area contributed by atoms with E-state index in [0.29, 0.717) is 24.5 Å². The molecule has 9 heteroatoms. The Hall–Kier alpha value is -2.26. The molecule has 0 amide bonds. The summed E-state index contributed by atoms with van der Waals surface area (Å²) in [6.07, 6.45) is 4.52. The van der Waals surface area contributed by atoms with E-state index in [1.54, 1.807) is 18.2 Å². The summed E-state index contributed by atoms with van der Waals surface area (Å²) in [5.41, 5.74) is 2.19. The Morgan fingerprint density at radius 2 is 2.11 bits per heavy atom. The summed E-state index contributed by atoms with van der Waals surface area (Å²) in [7, 11) is -3.64. The van der Waals surface area contributed by atoms with Gasteiger partial charge in [-0.3, -0.25) is 0 Å². The van der Waals surface area contributed by atoms with Crippen LogP contribution in [0.3, 0.4) is 0 Å². The summed E-state index contributed by atoms with van der Waals surface area (Å²) in [6, 6.07) is 4.02. The highest BCUT2D eigenvalue weighted by molar-refractivity contribution is 7.89. The molecule has 1 unspecified atom stereocenters. The van der Waals surface area contributed by atoms with Crippen LogP contribution >= 0.6 is 0 Å². The monoisotopic (exact) mass is 403 g/mol. The maximum Gasteiger partial charge on any atom is 0.248 e. The zero-order valence-corrected chi connectivity index (χ0v) is 17.2. The molecular weight excluding hydrogens is 378 g/mol. The summed E-state index contributed by atoms with van der Waals surface area (Å²) in [4.78, 5) is 5.03. The van der Waals surface area contributed by atoms with Gasteiger partial charge in [-0.25, -0.2) is 18.1 Å². The minimum atomic E-state index is -3.64. The van der Waals surface area contributed by atoms with Gasteiger partial charge in [0.25, 0.3) is 0 Å². The molecule has 3 aromatic heterocycles. The first kappa shape index (κ1) is 19.1. The number of fused-ring (bicyclic) bond motifs is 1. The van der Waals surface area contributed by atoms with Gasteiger partial charge in [-0.05, 0) is 45.2 Å². The molecule has 0 radical (unpaired) electrons. The molecule has 1 fully saturated rings. The normalized spacial score (nSPS) is 18.8. The van der Waals surface area contributed by atoms with Gasteiger partial charge in [0.2, 0.25) is 10.0 Å². The lowest BCUT2D eigenvalue weighted by Crippen LogP contribution is -2.39. The van der Waals surface area contributed by atoms with E-state index in [2.05, 4.69) is 17.2 Å². The average molecular weight is 404 g/mol. The second kappa shape index (κ2) is 7.29. The third-order valence-electron chi connectivity index (χ3n) is 5.31. The molecule has 150 valence electrons. The number of rotatable bonds is 5. The summed E-state index contributed by atoms with van der Waals surface area (Å²) >= 11 is 0. The van der Waals surface area contributed by atoms with Crippen molar-refractivity contribution in [1.82, 2.24) is 24.2 Å². The second-order valence-electron chi connectivity index (χ2n) is 7.37. The molecule has 1 saturated heterocycles. The van der Waals surface area contributed by atoms with Crippen molar-refractivity contribution >= 4 is 21.1 Å². The number of sulfonamides is 1. The van der Waals surface area contributed by atoms with Crippen LogP contribution in [-0.2, 0) is 16.6 Å². The first-order valence-electron chi connectivity index (χ1n) is 9.67. The van der Waals surface area contributed by atoms with Crippen LogP contribution in [0.4, 0.5) is 0 Å². The van der Waals surface area contributed by atoms with Crippen LogP contribution in [0.15, 0.2) is 27.7 Å². The highest BCUT2D eigenvalue weighted by atomic mass is 32.2. The molecule has 0 bridgehead atoms. The fraction of sp³-hybridized carbons (Fsp3) is 0.526. The van der Waals surface area contributed by atoms with E-state index < -0.39 is 10.0 Å². The highest BCUT2D eigenvalue weighted by Crippen LogP contribution is 2.32. The Bertz CT molecular complexity index is 1080. The fourth-order valence-electron chi connectivity index (χ4n) is 3.94. The number of piperidine rings is 1. The van der Waals surface area contributed by atoms with Gasteiger partial charge in [-0.1, -0.05) is 12.1 Å². The molecule has 1 atom stereocenters. The van der Waals surface area contributed by atoms with Gasteiger partial charge in [0.05, 0.1) is 6.20 Å². The Kier molecular flexibility index (Phi) is 4.96. The van der Waals surface area contributed by atoms with Crippen LogP contribution in [0.5, 0.6) is 0 Å². The van der Waals surface area contributed by atoms with E-state index in [9.17, 15) is 8.42 Å². The van der Waals surface area contributed by atoms with E-state index in [1.807, 2.05) is 23.0 Å². The van der Waals surface area contributed by atoms with Crippen LogP contribution < -0.4 is 0 Å². The van der Waals surface area contributed by atoms with Gasteiger partial charge >= 0.3 is 0 Å². The van der Waals surface area contributed by atoms with Gasteiger partial charge in [0, 0.05) is 36.6 Å². The third-order valence-corrected chi connectivity index (χ3v) is 7.42. The summed E-state index contributed by atoms with van der Waals surface area (Å²) in [5, 5.41) is 9.22. The largest absolute Gasteiger partial charge is 0.360 e. The lowest BCUT2D eigenvalue weighted by molar-refractivity contribution is 0.312. The Morgan fingerprint density at radius 1 is 1.29 bits per heavy atom. The minimum absolute atomic E-state index is 0.0540. The van der Waals surface area contributed by atoms with E-state index in [0.717, 1.165) is 42.5 Å². The van der Waals surface area contributed by atoms with E-state index in [1.165, 1.54) is 0 Å². The molecule has 4 rings (SSSR count). The van der Waals surface area contributed by atoms with E-state index in [-0.39, 0.29) is 10.8 Å². The third kappa shape index (κ3) is 3.22. The molecule has 8 nitrogen and oxygen atoms in total. The summed E-state index contributed by atoms with van der Waals surface area (Å²) in [6.45, 7) is 7.13. The number of aryl methyl sites for hydroxylation is 3. The van der Waals surface area contributed by atoms with Crippen molar-refractivity contribution in [1.29, 1.82) is 0 Å². The number of hydrogen-bond donors (Lipinski definition) is 0. The van der Waals surface area contributed by atoms with Crippen molar-refractivity contribution in [2.45, 2.75) is 57.4 Å². The Morgan fingerprint density at radius 3 is 2.82 bits per heavy atom. The molecule has 0 saturated carbocycles. The van der Waals surface area contributed by atoms with Gasteiger partial charge in [-0.2, -0.15) is 9.40 Å². The molecule has 4 heterocycles. The first-order chi connectivity index (χ1) is 13.4. The summed E-state index contributed by atoms with van der Waals surface area (Å²) < 4.78 is 34.9. The van der Waals surface area contributed by atoms with Crippen molar-refractivity contribution in [3.63, 3.8) is 0 Å². The zero-order valence-electron chi connectivity index (χ0n) is 16.4. The number of hydrogen-bond acceptors (Lipinski definition) is 6. The predicted molar refractivity (Wildman–Crippen MR) is 105 cm³/mol. The van der Waals surface area contributed by atoms with E-state index in [4.69, 9.17) is 9.51 Å². The molecule has 0 aromatic carbocycles. The lowest BCUT2D eigenvalue weighted by atomic mass is 9.95. The maximum absolute atomic E-state index is 13.2. The van der Waals surface area contributed by atoms with Gasteiger partial charge in [0.15, 0.2) is 11.4 Å². The van der Waals surface area contributed by atoms with Crippen LogP contribution in [-0.4, -0.2) is 45.7 Å². The Labute approximate surface area is 164 Å². The molecular formula is C19H25N5O3S. The standard InChI is InChI=1S/C19H25N5O3S/c1-4-9-24-19-15(11-20-24)7-8-17(21-19)16-6-5-10-23(12-16)28(25,26)18-13(2)22-27-14(18)3/h7-8,11,16H,4-6,9-10,12H2,1-3H3. The molecule has 0 spiro atoms. The topological polar surface area (TPSA) is 94.1 Å².